The summed E-state index contributed by atoms with van der Waals surface area (Å²) >= 11 is 0. The van der Waals surface area contributed by atoms with Crippen LogP contribution in [0.3, 0.4) is 0 Å². The van der Waals surface area contributed by atoms with E-state index in [4.69, 9.17) is 4.18 Å². The van der Waals surface area contributed by atoms with Crippen LogP contribution in [-0.4, -0.2) is 14.2 Å². The lowest BCUT2D eigenvalue weighted by Gasteiger charge is -2.08. The first-order chi connectivity index (χ1) is 10.9. The minimum Gasteiger partial charge on any atom is -0.382 e. The van der Waals surface area contributed by atoms with Gasteiger partial charge >= 0.3 is 10.1 Å². The summed E-state index contributed by atoms with van der Waals surface area (Å²) < 4.78 is 42.5. The van der Waals surface area contributed by atoms with E-state index in [0.717, 1.165) is 5.56 Å². The van der Waals surface area contributed by atoms with Gasteiger partial charge in [0.15, 0.2) is 0 Å². The molecule has 0 atom stereocenters. The van der Waals surface area contributed by atoms with Crippen LogP contribution in [0.4, 0.5) is 4.39 Å². The van der Waals surface area contributed by atoms with E-state index in [1.54, 1.807) is 18.2 Å². The summed E-state index contributed by atoms with van der Waals surface area (Å²) in [6.45, 7) is 1.52. The van der Waals surface area contributed by atoms with Crippen LogP contribution >= 0.6 is 0 Å². The van der Waals surface area contributed by atoms with Crippen LogP contribution in [-0.2, 0) is 27.1 Å². The predicted octanol–water partition coefficient (Wildman–Crippen LogP) is 3.26. The van der Waals surface area contributed by atoms with Gasteiger partial charge in [-0.15, -0.1) is 0 Å². The zero-order valence-electron chi connectivity index (χ0n) is 12.7. The Morgan fingerprint density at radius 1 is 1.09 bits per heavy atom. The van der Waals surface area contributed by atoms with Gasteiger partial charge < -0.3 is 8.98 Å². The molecule has 0 N–H and O–H groups in total. The molecule has 0 fully saturated rings. The van der Waals surface area contributed by atoms with Gasteiger partial charge in [-0.05, 0) is 37.1 Å². The SMILES string of the molecule is CC(=O)CCc1ccc(OS(=O)(=O)Cc2ccccc2F)cc1. The summed E-state index contributed by atoms with van der Waals surface area (Å²) in [4.78, 5) is 10.9. The summed E-state index contributed by atoms with van der Waals surface area (Å²) in [7, 11) is -3.94. The molecule has 0 saturated carbocycles. The average molecular weight is 336 g/mol. The minimum absolute atomic E-state index is 0.0607. The molecular weight excluding hydrogens is 319 g/mol. The molecule has 0 heterocycles. The first kappa shape index (κ1) is 17.1. The van der Waals surface area contributed by atoms with Crippen molar-refractivity contribution in [3.05, 3.63) is 65.5 Å². The van der Waals surface area contributed by atoms with Crippen molar-refractivity contribution >= 4 is 15.9 Å². The normalized spacial score (nSPS) is 11.2. The Balaban J connectivity index is 2.03. The summed E-state index contributed by atoms with van der Waals surface area (Å²) in [5.41, 5.74) is 0.977. The molecule has 2 aromatic rings. The van der Waals surface area contributed by atoms with Crippen LogP contribution in [0.2, 0.25) is 0 Å². The molecule has 0 aromatic heterocycles. The minimum atomic E-state index is -3.94. The van der Waals surface area contributed by atoms with Gasteiger partial charge in [0, 0.05) is 12.0 Å². The Labute approximate surface area is 135 Å². The summed E-state index contributed by atoms with van der Waals surface area (Å²) in [6.07, 6.45) is 1.03. The van der Waals surface area contributed by atoms with E-state index in [9.17, 15) is 17.6 Å². The second-order valence-electron chi connectivity index (χ2n) is 5.22. The first-order valence-electron chi connectivity index (χ1n) is 7.10. The number of halogens is 1. The standard InChI is InChI=1S/C17H17FO4S/c1-13(19)6-7-14-8-10-16(11-9-14)22-23(20,21)12-15-4-2-3-5-17(15)18/h2-5,8-11H,6-7,12H2,1H3. The van der Waals surface area contributed by atoms with Gasteiger partial charge in [0.1, 0.15) is 23.1 Å². The molecule has 6 heteroatoms. The lowest BCUT2D eigenvalue weighted by molar-refractivity contribution is -0.116. The van der Waals surface area contributed by atoms with Gasteiger partial charge in [-0.3, -0.25) is 0 Å². The second-order valence-corrected chi connectivity index (χ2v) is 6.79. The third kappa shape index (κ3) is 5.49. The van der Waals surface area contributed by atoms with E-state index >= 15 is 0 Å². The van der Waals surface area contributed by atoms with Crippen molar-refractivity contribution in [3.8, 4) is 5.75 Å². The zero-order chi connectivity index (χ0) is 16.9. The maximum Gasteiger partial charge on any atom is 0.313 e. The molecule has 0 unspecified atom stereocenters. The van der Waals surface area contributed by atoms with Gasteiger partial charge in [-0.1, -0.05) is 30.3 Å². The molecule has 0 aliphatic rings. The molecule has 0 spiro atoms. The molecule has 0 aliphatic carbocycles. The molecule has 122 valence electrons. The lowest BCUT2D eigenvalue weighted by Crippen LogP contribution is -2.13. The molecule has 0 aliphatic heterocycles. The zero-order valence-corrected chi connectivity index (χ0v) is 13.5. The number of rotatable bonds is 7. The molecule has 4 nitrogen and oxygen atoms in total. The quantitative estimate of drug-likeness (QED) is 0.728. The number of Topliss-reactive ketones (excluding diaryl/α,β-unsaturated/α-hetero) is 1. The van der Waals surface area contributed by atoms with Crippen molar-refractivity contribution in [2.75, 3.05) is 0 Å². The molecule has 0 amide bonds. The highest BCUT2D eigenvalue weighted by molar-refractivity contribution is 7.86. The summed E-state index contributed by atoms with van der Waals surface area (Å²) in [5.74, 6) is -0.865. The number of hydrogen-bond acceptors (Lipinski definition) is 4. The monoisotopic (exact) mass is 336 g/mol. The van der Waals surface area contributed by atoms with Crippen LogP contribution < -0.4 is 4.18 Å². The van der Waals surface area contributed by atoms with Crippen molar-refractivity contribution < 1.29 is 21.8 Å². The van der Waals surface area contributed by atoms with Crippen molar-refractivity contribution in [2.24, 2.45) is 0 Å². The smallest absolute Gasteiger partial charge is 0.313 e. The van der Waals surface area contributed by atoms with Crippen LogP contribution in [0.15, 0.2) is 48.5 Å². The van der Waals surface area contributed by atoms with Gasteiger partial charge in [0.2, 0.25) is 0 Å². The topological polar surface area (TPSA) is 60.4 Å². The highest BCUT2D eigenvalue weighted by Gasteiger charge is 2.16. The highest BCUT2D eigenvalue weighted by Crippen LogP contribution is 2.18. The maximum atomic E-state index is 13.5. The third-order valence-electron chi connectivity index (χ3n) is 3.20. The van der Waals surface area contributed by atoms with Gasteiger partial charge in [-0.25, -0.2) is 4.39 Å². The Hall–Kier alpha value is -2.21. The van der Waals surface area contributed by atoms with Crippen molar-refractivity contribution in [1.82, 2.24) is 0 Å². The van der Waals surface area contributed by atoms with E-state index in [1.165, 1.54) is 37.3 Å². The molecule has 0 radical (unpaired) electrons. The number of hydrogen-bond donors (Lipinski definition) is 0. The van der Waals surface area contributed by atoms with Crippen LogP contribution in [0.5, 0.6) is 5.75 Å². The fourth-order valence-electron chi connectivity index (χ4n) is 2.01. The van der Waals surface area contributed by atoms with Gasteiger partial charge in [0.05, 0.1) is 0 Å². The first-order valence-corrected chi connectivity index (χ1v) is 8.67. The average Bonchev–Trinajstić information content (AvgIpc) is 2.48. The lowest BCUT2D eigenvalue weighted by atomic mass is 10.1. The van der Waals surface area contributed by atoms with E-state index in [1.807, 2.05) is 0 Å². The van der Waals surface area contributed by atoms with Gasteiger partial charge in [-0.2, -0.15) is 8.42 Å². The predicted molar refractivity (Wildman–Crippen MR) is 85.1 cm³/mol. The Bertz CT molecular complexity index is 782. The van der Waals surface area contributed by atoms with E-state index in [-0.39, 0.29) is 17.1 Å². The van der Waals surface area contributed by atoms with Gasteiger partial charge in [0.25, 0.3) is 0 Å². The number of carbonyl (C=O) groups is 1. The molecule has 0 saturated heterocycles. The maximum absolute atomic E-state index is 13.5. The largest absolute Gasteiger partial charge is 0.382 e. The Morgan fingerprint density at radius 3 is 2.35 bits per heavy atom. The summed E-state index contributed by atoms with van der Waals surface area (Å²) in [6, 6.07) is 12.1. The molecule has 0 bridgehead atoms. The Kier molecular flexibility index (Phi) is 5.50. The van der Waals surface area contributed by atoms with Crippen LogP contribution in [0.25, 0.3) is 0 Å². The molecule has 2 rings (SSSR count). The third-order valence-corrected chi connectivity index (χ3v) is 4.31. The molecule has 23 heavy (non-hydrogen) atoms. The molecular formula is C17H17FO4S. The summed E-state index contributed by atoms with van der Waals surface area (Å²) in [5, 5.41) is 0. The number of ketones is 1. The van der Waals surface area contributed by atoms with E-state index < -0.39 is 21.7 Å². The van der Waals surface area contributed by atoms with Crippen LogP contribution in [0, 0.1) is 5.82 Å². The fraction of sp³-hybridized carbons (Fsp3) is 0.235. The van der Waals surface area contributed by atoms with E-state index in [2.05, 4.69) is 0 Å². The number of aryl methyl sites for hydroxylation is 1. The Morgan fingerprint density at radius 2 is 1.74 bits per heavy atom. The number of carbonyl (C=O) groups excluding carboxylic acids is 1. The van der Waals surface area contributed by atoms with Crippen molar-refractivity contribution in [3.63, 3.8) is 0 Å². The van der Waals surface area contributed by atoms with Crippen molar-refractivity contribution in [2.45, 2.75) is 25.5 Å². The second kappa shape index (κ2) is 7.37. The van der Waals surface area contributed by atoms with Crippen LogP contribution in [0.1, 0.15) is 24.5 Å². The molecule has 2 aromatic carbocycles. The fourth-order valence-corrected chi connectivity index (χ4v) is 3.09. The number of benzene rings is 2. The van der Waals surface area contributed by atoms with Crippen molar-refractivity contribution in [1.29, 1.82) is 0 Å². The highest BCUT2D eigenvalue weighted by atomic mass is 32.2. The van der Waals surface area contributed by atoms with E-state index in [0.29, 0.717) is 12.8 Å².